The number of rotatable bonds is 10. The zero-order valence-electron chi connectivity index (χ0n) is 23.8. The Labute approximate surface area is 262 Å². The summed E-state index contributed by atoms with van der Waals surface area (Å²) in [6.07, 6.45) is 4.17. The molecule has 5 rings (SSSR count). The molecule has 1 atom stereocenters. The number of benzene rings is 3. The third-order valence-electron chi connectivity index (χ3n) is 6.63. The molecule has 5 aromatic rings. The van der Waals surface area contributed by atoms with E-state index in [0.717, 1.165) is 5.56 Å². The van der Waals surface area contributed by atoms with Crippen molar-refractivity contribution in [2.45, 2.75) is 12.5 Å². The number of nitrogens with one attached hydrogen (secondary N) is 2. The molecule has 0 spiro atoms. The van der Waals surface area contributed by atoms with Gasteiger partial charge in [-0.3, -0.25) is 14.9 Å². The van der Waals surface area contributed by atoms with E-state index >= 15 is 0 Å². The fourth-order valence-corrected chi connectivity index (χ4v) is 4.67. The van der Waals surface area contributed by atoms with Crippen LogP contribution < -0.4 is 16.4 Å². The van der Waals surface area contributed by atoms with Gasteiger partial charge in [0.05, 0.1) is 24.5 Å². The summed E-state index contributed by atoms with van der Waals surface area (Å²) < 4.78 is 6.09. The Hall–Kier alpha value is -5.95. The molecule has 0 aliphatic heterocycles. The SMILES string of the molecule is COC(=O)Nc1ccc(-c2cc(C(Cc3ccccc3)NC(=O)C=Cc3cc(Cl)ccc3-n3cnnn3)nnc2C(N)=O)cc1. The number of hydrogen-bond acceptors (Lipinski definition) is 9. The summed E-state index contributed by atoms with van der Waals surface area (Å²) in [5, 5.41) is 25.7. The maximum Gasteiger partial charge on any atom is 0.411 e. The topological polar surface area (TPSA) is 180 Å². The van der Waals surface area contributed by atoms with Crippen molar-refractivity contribution in [2.75, 3.05) is 12.4 Å². The minimum absolute atomic E-state index is 0.0480. The monoisotopic (exact) mass is 623 g/mol. The van der Waals surface area contributed by atoms with Gasteiger partial charge in [-0.1, -0.05) is 54.1 Å². The lowest BCUT2D eigenvalue weighted by Gasteiger charge is -2.19. The lowest BCUT2D eigenvalue weighted by atomic mass is 9.98. The summed E-state index contributed by atoms with van der Waals surface area (Å²) in [7, 11) is 1.26. The molecule has 0 aliphatic carbocycles. The van der Waals surface area contributed by atoms with Gasteiger partial charge in [-0.25, -0.2) is 4.79 Å². The standard InChI is InChI=1S/C31H26ClN9O4/c1-45-31(44)35-23-11-7-20(8-12-23)24-17-26(37-38-29(24)30(33)43)25(15-19-5-3-2-4-6-19)36-28(42)14-9-21-16-22(32)10-13-27(21)41-18-34-39-40-41/h2-14,16-18,25H,15H2,1H3,(H2,33,43)(H,35,44)(H,36,42). The molecule has 4 N–H and O–H groups in total. The van der Waals surface area contributed by atoms with Crippen LogP contribution >= 0.6 is 11.6 Å². The molecular formula is C31H26ClN9O4. The van der Waals surface area contributed by atoms with Crippen LogP contribution in [0.25, 0.3) is 22.9 Å². The van der Waals surface area contributed by atoms with Crippen LogP contribution in [0.3, 0.4) is 0 Å². The molecule has 0 fully saturated rings. The fourth-order valence-electron chi connectivity index (χ4n) is 4.48. The number of tetrazole rings is 1. The van der Waals surface area contributed by atoms with Crippen LogP contribution in [0.1, 0.15) is 33.4 Å². The fraction of sp³-hybridized carbons (Fsp3) is 0.0968. The van der Waals surface area contributed by atoms with Crippen LogP contribution in [0.15, 0.2) is 91.3 Å². The molecule has 2 heterocycles. The number of methoxy groups -OCH3 is 1. The Balaban J connectivity index is 1.46. The number of carbonyl (C=O) groups excluding carboxylic acids is 3. The van der Waals surface area contributed by atoms with Gasteiger partial charge in [0.2, 0.25) is 5.91 Å². The van der Waals surface area contributed by atoms with E-state index in [0.29, 0.717) is 45.2 Å². The number of nitrogens with zero attached hydrogens (tertiary/aromatic N) is 6. The van der Waals surface area contributed by atoms with E-state index in [1.165, 1.54) is 24.2 Å². The molecule has 0 aliphatic rings. The van der Waals surface area contributed by atoms with Gasteiger partial charge in [0.1, 0.15) is 6.33 Å². The van der Waals surface area contributed by atoms with Crippen LogP contribution in [-0.4, -0.2) is 55.4 Å². The molecule has 14 heteroatoms. The first-order valence-corrected chi connectivity index (χ1v) is 13.9. The second kappa shape index (κ2) is 14.0. The van der Waals surface area contributed by atoms with Gasteiger partial charge in [0, 0.05) is 27.9 Å². The quantitative estimate of drug-likeness (QED) is 0.192. The molecule has 13 nitrogen and oxygen atoms in total. The number of primary amides is 1. The van der Waals surface area contributed by atoms with Crippen molar-refractivity contribution in [3.63, 3.8) is 0 Å². The average Bonchev–Trinajstić information content (AvgIpc) is 3.59. The lowest BCUT2D eigenvalue weighted by Crippen LogP contribution is -2.30. The van der Waals surface area contributed by atoms with Gasteiger partial charge in [-0.15, -0.1) is 10.2 Å². The molecule has 0 saturated carbocycles. The van der Waals surface area contributed by atoms with Crippen molar-refractivity contribution in [3.05, 3.63) is 119 Å². The van der Waals surface area contributed by atoms with Crippen molar-refractivity contribution in [1.82, 2.24) is 35.7 Å². The van der Waals surface area contributed by atoms with E-state index in [1.807, 2.05) is 30.3 Å². The van der Waals surface area contributed by atoms with E-state index in [-0.39, 0.29) is 5.69 Å². The van der Waals surface area contributed by atoms with Crippen LogP contribution in [0, 0.1) is 0 Å². The highest BCUT2D eigenvalue weighted by Crippen LogP contribution is 2.28. The summed E-state index contributed by atoms with van der Waals surface area (Å²) in [6.45, 7) is 0. The largest absolute Gasteiger partial charge is 0.453 e. The highest BCUT2D eigenvalue weighted by atomic mass is 35.5. The third kappa shape index (κ3) is 7.72. The van der Waals surface area contributed by atoms with Crippen molar-refractivity contribution >= 4 is 41.3 Å². The molecule has 0 saturated heterocycles. The Morgan fingerprint density at radius 2 is 1.80 bits per heavy atom. The third-order valence-corrected chi connectivity index (χ3v) is 6.86. The average molecular weight is 624 g/mol. The molecule has 3 aromatic carbocycles. The minimum Gasteiger partial charge on any atom is -0.453 e. The van der Waals surface area contributed by atoms with E-state index in [1.54, 1.807) is 54.6 Å². The smallest absolute Gasteiger partial charge is 0.411 e. The zero-order chi connectivity index (χ0) is 31.8. The molecule has 0 bridgehead atoms. The Morgan fingerprint density at radius 1 is 1.02 bits per heavy atom. The number of hydrogen-bond donors (Lipinski definition) is 3. The number of nitrogens with two attached hydrogens (primary N) is 1. The predicted octanol–water partition coefficient (Wildman–Crippen LogP) is 4.16. The second-order valence-corrected chi connectivity index (χ2v) is 10.1. The maximum absolute atomic E-state index is 13.3. The first kappa shape index (κ1) is 30.5. The lowest BCUT2D eigenvalue weighted by molar-refractivity contribution is -0.117. The second-order valence-electron chi connectivity index (χ2n) is 9.63. The minimum atomic E-state index is -0.771. The van der Waals surface area contributed by atoms with Crippen LogP contribution in [-0.2, 0) is 16.0 Å². The van der Waals surface area contributed by atoms with E-state index in [9.17, 15) is 14.4 Å². The Bertz CT molecular complexity index is 1850. The predicted molar refractivity (Wildman–Crippen MR) is 166 cm³/mol. The molecule has 45 heavy (non-hydrogen) atoms. The first-order chi connectivity index (χ1) is 21.8. The van der Waals surface area contributed by atoms with Crippen molar-refractivity contribution in [3.8, 4) is 16.8 Å². The normalized spacial score (nSPS) is 11.6. The van der Waals surface area contributed by atoms with Crippen LogP contribution in [0.2, 0.25) is 5.02 Å². The summed E-state index contributed by atoms with van der Waals surface area (Å²) >= 11 is 6.22. The number of anilines is 1. The molecule has 3 amide bonds. The highest BCUT2D eigenvalue weighted by Gasteiger charge is 2.21. The van der Waals surface area contributed by atoms with Crippen LogP contribution in [0.4, 0.5) is 10.5 Å². The molecular weight excluding hydrogens is 598 g/mol. The van der Waals surface area contributed by atoms with Gasteiger partial charge in [-0.05, 0) is 70.4 Å². The molecule has 226 valence electrons. The number of ether oxygens (including phenoxy) is 1. The number of aromatic nitrogens is 6. The number of halogens is 1. The number of carbonyl (C=O) groups is 3. The van der Waals surface area contributed by atoms with Gasteiger partial charge in [0.15, 0.2) is 5.69 Å². The Kier molecular flexibility index (Phi) is 9.50. The van der Waals surface area contributed by atoms with Gasteiger partial charge in [0.25, 0.3) is 5.91 Å². The first-order valence-electron chi connectivity index (χ1n) is 13.5. The van der Waals surface area contributed by atoms with Gasteiger partial charge in [-0.2, -0.15) is 9.78 Å². The summed E-state index contributed by atoms with van der Waals surface area (Å²) in [5.41, 5.74) is 9.64. The van der Waals surface area contributed by atoms with Gasteiger partial charge < -0.3 is 15.8 Å². The van der Waals surface area contributed by atoms with Crippen molar-refractivity contribution < 1.29 is 19.1 Å². The summed E-state index contributed by atoms with van der Waals surface area (Å²) in [6, 6.07) is 22.4. The van der Waals surface area contributed by atoms with E-state index in [4.69, 9.17) is 17.3 Å². The van der Waals surface area contributed by atoms with E-state index in [2.05, 4.69) is 41.1 Å². The zero-order valence-corrected chi connectivity index (χ0v) is 24.5. The van der Waals surface area contributed by atoms with Crippen molar-refractivity contribution in [1.29, 1.82) is 0 Å². The Morgan fingerprint density at radius 3 is 2.49 bits per heavy atom. The number of amides is 3. The summed E-state index contributed by atoms with van der Waals surface area (Å²) in [4.78, 5) is 37.2. The van der Waals surface area contributed by atoms with Crippen molar-refractivity contribution in [2.24, 2.45) is 5.73 Å². The molecule has 1 unspecified atom stereocenters. The van der Waals surface area contributed by atoms with Gasteiger partial charge >= 0.3 is 6.09 Å². The van der Waals surface area contributed by atoms with Crippen LogP contribution in [0.5, 0.6) is 0 Å². The molecule has 2 aromatic heterocycles. The maximum atomic E-state index is 13.3. The highest BCUT2D eigenvalue weighted by molar-refractivity contribution is 6.30. The molecule has 0 radical (unpaired) electrons. The summed E-state index contributed by atoms with van der Waals surface area (Å²) in [5.74, 6) is -1.19. The van der Waals surface area contributed by atoms with E-state index < -0.39 is 23.9 Å².